The van der Waals surface area contributed by atoms with E-state index in [2.05, 4.69) is 28.8 Å². The molecule has 0 unspecified atom stereocenters. The fraction of sp³-hybridized carbons (Fsp3) is 0.600. The minimum atomic E-state index is -0.798. The Morgan fingerprint density at radius 1 is 1.74 bits per heavy atom. The van der Waals surface area contributed by atoms with Crippen molar-refractivity contribution in [2.75, 3.05) is 0 Å². The minimum Gasteiger partial charge on any atom is -0.386 e. The van der Waals surface area contributed by atoms with E-state index in [1.807, 2.05) is 12.2 Å². The van der Waals surface area contributed by atoms with Crippen LogP contribution in [0.25, 0.3) is 0 Å². The molecular weight excluding hydrogens is 328 g/mol. The van der Waals surface area contributed by atoms with Gasteiger partial charge in [0.25, 0.3) is 0 Å². The van der Waals surface area contributed by atoms with Crippen LogP contribution in [0.2, 0.25) is 0 Å². The second kappa shape index (κ2) is 5.61. The molecule has 2 rings (SSSR count). The van der Waals surface area contributed by atoms with E-state index >= 15 is 0 Å². The summed E-state index contributed by atoms with van der Waals surface area (Å²) >= 11 is 10.3. The van der Waals surface area contributed by atoms with Crippen LogP contribution in [0.15, 0.2) is 24.3 Å². The Morgan fingerprint density at radius 3 is 3.11 bits per heavy atom. The Morgan fingerprint density at radius 2 is 2.47 bits per heavy atom. The molecule has 5 atom stereocenters. The second-order valence-corrected chi connectivity index (χ2v) is 6.96. The normalized spacial score (nSPS) is 42.5. The van der Waals surface area contributed by atoms with E-state index in [0.717, 1.165) is 6.42 Å². The number of halogens is 2. The molecule has 0 saturated carbocycles. The van der Waals surface area contributed by atoms with Crippen molar-refractivity contribution in [2.24, 2.45) is 0 Å². The molecule has 19 heavy (non-hydrogen) atoms. The lowest BCUT2D eigenvalue weighted by Gasteiger charge is -2.36. The maximum atomic E-state index is 10.3. The number of rotatable bonds is 4. The Bertz CT molecular complexity index is 442. The summed E-state index contributed by atoms with van der Waals surface area (Å²) in [6.07, 6.45) is 13.7. The Balaban J connectivity index is 2.26. The van der Waals surface area contributed by atoms with E-state index < -0.39 is 16.6 Å². The number of hydrogen-bond donors (Lipinski definition) is 1. The first-order chi connectivity index (χ1) is 8.99. The number of alkyl halides is 2. The fourth-order valence-corrected chi connectivity index (χ4v) is 3.66. The fourth-order valence-electron chi connectivity index (χ4n) is 2.90. The third-order valence-electron chi connectivity index (χ3n) is 4.01. The lowest BCUT2D eigenvalue weighted by atomic mass is 9.84. The highest BCUT2D eigenvalue weighted by atomic mass is 79.9. The summed E-state index contributed by atoms with van der Waals surface area (Å²) in [5.41, 5.74) is -0.798. The predicted molar refractivity (Wildman–Crippen MR) is 81.5 cm³/mol. The van der Waals surface area contributed by atoms with Gasteiger partial charge in [0, 0.05) is 17.7 Å². The molecule has 1 aliphatic heterocycles. The first kappa shape index (κ1) is 15.1. The Labute approximate surface area is 128 Å². The summed E-state index contributed by atoms with van der Waals surface area (Å²) in [4.78, 5) is -0.417. The van der Waals surface area contributed by atoms with Crippen LogP contribution >= 0.6 is 27.5 Å². The van der Waals surface area contributed by atoms with Crippen molar-refractivity contribution in [1.82, 2.24) is 0 Å². The molecule has 0 bridgehead atoms. The van der Waals surface area contributed by atoms with Crippen molar-refractivity contribution in [3.05, 3.63) is 24.3 Å². The maximum absolute atomic E-state index is 10.3. The summed E-state index contributed by atoms with van der Waals surface area (Å²) in [7, 11) is 0. The molecule has 1 aliphatic carbocycles. The molecule has 1 fully saturated rings. The first-order valence-corrected chi connectivity index (χ1v) is 7.78. The number of ether oxygens (including phenoxy) is 1. The third-order valence-corrected chi connectivity index (χ3v) is 5.85. The molecule has 0 spiro atoms. The van der Waals surface area contributed by atoms with Crippen LogP contribution in [0.4, 0.5) is 0 Å². The Kier molecular flexibility index (Phi) is 4.47. The van der Waals surface area contributed by atoms with Gasteiger partial charge in [-0.25, -0.2) is 0 Å². The zero-order valence-corrected chi connectivity index (χ0v) is 13.2. The number of fused-ring (bicyclic) bond motifs is 1. The lowest BCUT2D eigenvalue weighted by Crippen LogP contribution is -2.50. The highest BCUT2D eigenvalue weighted by Crippen LogP contribution is 2.54. The molecule has 4 heteroatoms. The van der Waals surface area contributed by atoms with Crippen molar-refractivity contribution >= 4 is 27.5 Å². The average molecular weight is 346 g/mol. The van der Waals surface area contributed by atoms with Gasteiger partial charge >= 0.3 is 0 Å². The van der Waals surface area contributed by atoms with Gasteiger partial charge in [0.2, 0.25) is 0 Å². The molecule has 2 nitrogen and oxygen atoms in total. The number of hydrogen-bond acceptors (Lipinski definition) is 2. The molecule has 1 N–H and O–H groups in total. The van der Waals surface area contributed by atoms with Gasteiger partial charge in [0.1, 0.15) is 11.7 Å². The predicted octanol–water partition coefficient (Wildman–Crippen LogP) is 3.18. The van der Waals surface area contributed by atoms with Crippen LogP contribution in [-0.4, -0.2) is 32.6 Å². The van der Waals surface area contributed by atoms with Crippen molar-refractivity contribution in [2.45, 2.75) is 53.7 Å². The van der Waals surface area contributed by atoms with E-state index in [0.29, 0.717) is 12.8 Å². The number of aliphatic hydroxyl groups is 1. The van der Waals surface area contributed by atoms with Gasteiger partial charge in [-0.3, -0.25) is 0 Å². The largest absolute Gasteiger partial charge is 0.386 e. The molecule has 104 valence electrons. The summed E-state index contributed by atoms with van der Waals surface area (Å²) in [6.45, 7) is 2.09. The zero-order chi connectivity index (χ0) is 14.1. The number of allylic oxidation sites excluding steroid dienone is 1. The molecule has 0 aromatic heterocycles. The van der Waals surface area contributed by atoms with Gasteiger partial charge in [-0.2, -0.15) is 0 Å². The molecule has 2 aliphatic rings. The first-order valence-electron chi connectivity index (χ1n) is 6.48. The van der Waals surface area contributed by atoms with E-state index in [1.165, 1.54) is 0 Å². The van der Waals surface area contributed by atoms with Gasteiger partial charge in [-0.15, -0.1) is 18.0 Å². The number of aliphatic hydroxyl groups excluding tert-OH is 1. The van der Waals surface area contributed by atoms with E-state index in [9.17, 15) is 5.11 Å². The minimum absolute atomic E-state index is 0.00124. The van der Waals surface area contributed by atoms with Crippen LogP contribution in [-0.2, 0) is 4.74 Å². The van der Waals surface area contributed by atoms with Crippen molar-refractivity contribution in [3.8, 4) is 12.3 Å². The van der Waals surface area contributed by atoms with Crippen LogP contribution < -0.4 is 0 Å². The van der Waals surface area contributed by atoms with Gasteiger partial charge in [0.05, 0.1) is 11.0 Å². The molecule has 0 aromatic carbocycles. The van der Waals surface area contributed by atoms with E-state index in [-0.39, 0.29) is 10.9 Å². The molecule has 0 aromatic rings. The smallest absolute Gasteiger partial charge is 0.124 e. The monoisotopic (exact) mass is 344 g/mol. The van der Waals surface area contributed by atoms with Crippen LogP contribution in [0.3, 0.4) is 0 Å². The lowest BCUT2D eigenvalue weighted by molar-refractivity contribution is -0.0974. The van der Waals surface area contributed by atoms with Crippen LogP contribution in [0, 0.1) is 12.3 Å². The zero-order valence-electron chi connectivity index (χ0n) is 10.9. The summed E-state index contributed by atoms with van der Waals surface area (Å²) < 4.78 is 6.18. The molecule has 0 radical (unpaired) electrons. The second-order valence-electron chi connectivity index (χ2n) is 5.11. The highest BCUT2D eigenvalue weighted by Gasteiger charge is 2.63. The van der Waals surface area contributed by atoms with Gasteiger partial charge in [0.15, 0.2) is 0 Å². The third kappa shape index (κ3) is 2.40. The topological polar surface area (TPSA) is 29.5 Å². The summed E-state index contributed by atoms with van der Waals surface area (Å²) in [5, 5.41) is 10.3. The molecular formula is C15H18BrClO2. The van der Waals surface area contributed by atoms with Gasteiger partial charge in [-0.05, 0) is 12.5 Å². The average Bonchev–Trinajstić information content (AvgIpc) is 2.81. The number of terminal acetylenes is 1. The van der Waals surface area contributed by atoms with Gasteiger partial charge in [-0.1, -0.05) is 47.0 Å². The summed E-state index contributed by atoms with van der Waals surface area (Å²) in [6, 6.07) is 0. The van der Waals surface area contributed by atoms with E-state index in [1.54, 1.807) is 12.2 Å². The van der Waals surface area contributed by atoms with Crippen molar-refractivity contribution in [1.29, 1.82) is 0 Å². The highest BCUT2D eigenvalue weighted by molar-refractivity contribution is 9.09. The van der Waals surface area contributed by atoms with Crippen LogP contribution in [0.1, 0.15) is 26.2 Å². The van der Waals surface area contributed by atoms with Gasteiger partial charge < -0.3 is 9.84 Å². The van der Waals surface area contributed by atoms with Crippen molar-refractivity contribution in [3.63, 3.8) is 0 Å². The molecule has 1 heterocycles. The maximum Gasteiger partial charge on any atom is 0.124 e. The standard InChI is InChI=1S/C15H18BrClO2/c1-3-5-6-8-15-13(18)7-9-14(15,17)10-12(19-15)11(16)4-2/h1,5-7,9,11-13,18H,4,8,10H2,2H3/b6-5-/t11-,12+,13+,14+,15-/m0/s1. The summed E-state index contributed by atoms with van der Waals surface area (Å²) in [5.74, 6) is 2.45. The van der Waals surface area contributed by atoms with Crippen molar-refractivity contribution < 1.29 is 9.84 Å². The molecule has 1 saturated heterocycles. The Hall–Kier alpha value is -0.270. The molecule has 0 amide bonds. The van der Waals surface area contributed by atoms with E-state index in [4.69, 9.17) is 22.8 Å². The van der Waals surface area contributed by atoms with Crippen LogP contribution in [0.5, 0.6) is 0 Å². The SMILES string of the molecule is C#C/C=C\C[C@@]12O[C@@H]([C@@H](Br)CC)C[C@]1(Cl)C=C[C@H]2O. The quantitative estimate of drug-likeness (QED) is 0.482.